The molecule has 1 aromatic rings. The van der Waals surface area contributed by atoms with E-state index in [0.717, 1.165) is 31.5 Å². The molecule has 6 heteroatoms. The summed E-state index contributed by atoms with van der Waals surface area (Å²) in [6.07, 6.45) is -2.49. The molecule has 21 heavy (non-hydrogen) atoms. The van der Waals surface area contributed by atoms with Crippen LogP contribution in [-0.4, -0.2) is 42.5 Å². The summed E-state index contributed by atoms with van der Waals surface area (Å²) in [5.74, 6) is 0.636. The van der Waals surface area contributed by atoms with Gasteiger partial charge in [-0.05, 0) is 37.9 Å². The van der Waals surface area contributed by atoms with Gasteiger partial charge in [-0.15, -0.1) is 0 Å². The average molecular weight is 303 g/mol. The molecule has 1 aliphatic heterocycles. The molecule has 1 heterocycles. The number of ether oxygens (including phenoxy) is 1. The Kier molecular flexibility index (Phi) is 5.47. The van der Waals surface area contributed by atoms with Crippen LogP contribution < -0.4 is 4.74 Å². The van der Waals surface area contributed by atoms with E-state index in [1.54, 1.807) is 24.3 Å². The molecule has 0 amide bonds. The molecule has 1 saturated heterocycles. The molecule has 0 saturated carbocycles. The molecule has 1 aliphatic rings. The minimum Gasteiger partial charge on any atom is -0.484 e. The lowest BCUT2D eigenvalue weighted by atomic mass is 9.97. The molecular weight excluding hydrogens is 283 g/mol. The van der Waals surface area contributed by atoms with Crippen molar-refractivity contribution in [2.45, 2.75) is 25.6 Å². The molecule has 0 radical (unpaired) electrons. The van der Waals surface area contributed by atoms with E-state index < -0.39 is 12.8 Å². The molecule has 2 rings (SSSR count). The summed E-state index contributed by atoms with van der Waals surface area (Å²) in [7, 11) is 0. The zero-order valence-corrected chi connectivity index (χ0v) is 11.8. The van der Waals surface area contributed by atoms with Crippen molar-refractivity contribution in [3.8, 4) is 5.75 Å². The predicted octanol–water partition coefficient (Wildman–Crippen LogP) is 2.83. The zero-order chi connectivity index (χ0) is 15.3. The van der Waals surface area contributed by atoms with Gasteiger partial charge in [0.1, 0.15) is 5.75 Å². The lowest BCUT2D eigenvalue weighted by molar-refractivity contribution is -0.153. The van der Waals surface area contributed by atoms with Crippen LogP contribution in [0.4, 0.5) is 13.2 Å². The second-order valence-electron chi connectivity index (χ2n) is 5.41. The third kappa shape index (κ3) is 5.21. The number of hydrogen-bond donors (Lipinski definition) is 1. The molecule has 1 aromatic carbocycles. The minimum atomic E-state index is -4.33. The summed E-state index contributed by atoms with van der Waals surface area (Å²) >= 11 is 0. The van der Waals surface area contributed by atoms with Crippen LogP contribution in [0.15, 0.2) is 24.3 Å². The van der Waals surface area contributed by atoms with Crippen LogP contribution in [-0.2, 0) is 6.54 Å². The molecule has 1 N–H and O–H groups in total. The van der Waals surface area contributed by atoms with Gasteiger partial charge in [-0.2, -0.15) is 13.2 Å². The monoisotopic (exact) mass is 303 g/mol. The highest BCUT2D eigenvalue weighted by molar-refractivity contribution is 5.33. The first-order valence-corrected chi connectivity index (χ1v) is 7.08. The van der Waals surface area contributed by atoms with E-state index in [1.165, 1.54) is 0 Å². The van der Waals surface area contributed by atoms with Crippen LogP contribution in [0.2, 0.25) is 0 Å². The normalized spacial score (nSPS) is 17.9. The fraction of sp³-hybridized carbons (Fsp3) is 0.600. The summed E-state index contributed by atoms with van der Waals surface area (Å²) in [5.41, 5.74) is 0.768. The van der Waals surface area contributed by atoms with Crippen molar-refractivity contribution >= 4 is 0 Å². The lowest BCUT2D eigenvalue weighted by Gasteiger charge is -2.31. The number of nitrogens with zero attached hydrogens (tertiary/aromatic N) is 1. The van der Waals surface area contributed by atoms with Gasteiger partial charge in [0.2, 0.25) is 0 Å². The van der Waals surface area contributed by atoms with Gasteiger partial charge < -0.3 is 9.84 Å². The maximum Gasteiger partial charge on any atom is 0.422 e. The Labute approximate surface area is 122 Å². The highest BCUT2D eigenvalue weighted by Crippen LogP contribution is 2.25. The Morgan fingerprint density at radius 3 is 2.48 bits per heavy atom. The first-order chi connectivity index (χ1) is 9.98. The first-order valence-electron chi connectivity index (χ1n) is 7.08. The van der Waals surface area contributed by atoms with Crippen molar-refractivity contribution in [2.24, 2.45) is 5.92 Å². The molecule has 1 fully saturated rings. The van der Waals surface area contributed by atoms with Gasteiger partial charge in [-0.25, -0.2) is 0 Å². The van der Waals surface area contributed by atoms with Gasteiger partial charge >= 0.3 is 6.18 Å². The summed E-state index contributed by atoms with van der Waals surface area (Å²) in [5, 5.41) is 9.11. The van der Waals surface area contributed by atoms with Gasteiger partial charge in [0.05, 0.1) is 0 Å². The number of alkyl halides is 3. The number of halogens is 3. The largest absolute Gasteiger partial charge is 0.484 e. The highest BCUT2D eigenvalue weighted by Gasteiger charge is 2.29. The zero-order valence-electron chi connectivity index (χ0n) is 11.8. The topological polar surface area (TPSA) is 32.7 Å². The van der Waals surface area contributed by atoms with Crippen molar-refractivity contribution < 1.29 is 23.0 Å². The van der Waals surface area contributed by atoms with E-state index in [9.17, 15) is 13.2 Å². The third-order valence-electron chi connectivity index (χ3n) is 3.72. The SMILES string of the molecule is OCC1CCN(Cc2ccccc2OCC(F)(F)F)CC1. The molecule has 3 nitrogen and oxygen atoms in total. The lowest BCUT2D eigenvalue weighted by Crippen LogP contribution is -2.34. The number of para-hydroxylation sites is 1. The van der Waals surface area contributed by atoms with Gasteiger partial charge in [0.15, 0.2) is 6.61 Å². The van der Waals surface area contributed by atoms with Gasteiger partial charge in [-0.1, -0.05) is 18.2 Å². The van der Waals surface area contributed by atoms with Crippen LogP contribution >= 0.6 is 0 Å². The Morgan fingerprint density at radius 2 is 1.86 bits per heavy atom. The van der Waals surface area contributed by atoms with Crippen molar-refractivity contribution in [3.05, 3.63) is 29.8 Å². The smallest absolute Gasteiger partial charge is 0.422 e. The van der Waals surface area contributed by atoms with Crippen molar-refractivity contribution in [2.75, 3.05) is 26.3 Å². The van der Waals surface area contributed by atoms with Crippen LogP contribution in [0.25, 0.3) is 0 Å². The molecular formula is C15H20F3NO2. The second-order valence-corrected chi connectivity index (χ2v) is 5.41. The number of likely N-dealkylation sites (tertiary alicyclic amines) is 1. The number of aliphatic hydroxyl groups excluding tert-OH is 1. The minimum absolute atomic E-state index is 0.207. The predicted molar refractivity (Wildman–Crippen MR) is 73.1 cm³/mol. The first kappa shape index (κ1) is 16.1. The summed E-state index contributed by atoms with van der Waals surface area (Å²) in [6, 6.07) is 6.84. The van der Waals surface area contributed by atoms with E-state index in [2.05, 4.69) is 4.90 Å². The van der Waals surface area contributed by atoms with Crippen LogP contribution in [0.1, 0.15) is 18.4 Å². The molecule has 0 aliphatic carbocycles. The summed E-state index contributed by atoms with van der Waals surface area (Å²) < 4.78 is 41.7. The van der Waals surface area contributed by atoms with Crippen molar-refractivity contribution in [3.63, 3.8) is 0 Å². The highest BCUT2D eigenvalue weighted by atomic mass is 19.4. The van der Waals surface area contributed by atoms with E-state index in [4.69, 9.17) is 9.84 Å². The molecule has 0 bridgehead atoms. The standard InChI is InChI=1S/C15H20F3NO2/c16-15(17,18)11-21-14-4-2-1-3-13(14)9-19-7-5-12(10-20)6-8-19/h1-4,12,20H,5-11H2. The summed E-state index contributed by atoms with van der Waals surface area (Å²) in [6.45, 7) is 1.21. The molecule has 0 atom stereocenters. The fourth-order valence-corrected chi connectivity index (χ4v) is 2.50. The van der Waals surface area contributed by atoms with E-state index in [0.29, 0.717) is 18.2 Å². The van der Waals surface area contributed by atoms with E-state index >= 15 is 0 Å². The van der Waals surface area contributed by atoms with Gasteiger partial charge in [0, 0.05) is 18.7 Å². The van der Waals surface area contributed by atoms with E-state index in [1.807, 2.05) is 0 Å². The Morgan fingerprint density at radius 1 is 1.19 bits per heavy atom. The molecule has 0 aromatic heterocycles. The number of piperidine rings is 1. The fourth-order valence-electron chi connectivity index (χ4n) is 2.50. The molecule has 118 valence electrons. The molecule has 0 spiro atoms. The third-order valence-corrected chi connectivity index (χ3v) is 3.72. The number of aliphatic hydroxyl groups is 1. The Balaban J connectivity index is 1.94. The second kappa shape index (κ2) is 7.13. The van der Waals surface area contributed by atoms with Crippen LogP contribution in [0, 0.1) is 5.92 Å². The van der Waals surface area contributed by atoms with Gasteiger partial charge in [-0.3, -0.25) is 4.90 Å². The summed E-state index contributed by atoms with van der Waals surface area (Å²) in [4.78, 5) is 2.18. The van der Waals surface area contributed by atoms with Crippen LogP contribution in [0.3, 0.4) is 0 Å². The molecule has 0 unspecified atom stereocenters. The number of hydrogen-bond acceptors (Lipinski definition) is 3. The maximum absolute atomic E-state index is 12.3. The number of rotatable bonds is 5. The van der Waals surface area contributed by atoms with E-state index in [-0.39, 0.29) is 6.61 Å². The van der Waals surface area contributed by atoms with Gasteiger partial charge in [0.25, 0.3) is 0 Å². The quantitative estimate of drug-likeness (QED) is 0.908. The van der Waals surface area contributed by atoms with Crippen molar-refractivity contribution in [1.82, 2.24) is 4.90 Å². The van der Waals surface area contributed by atoms with Crippen LogP contribution in [0.5, 0.6) is 5.75 Å². The maximum atomic E-state index is 12.3. The number of benzene rings is 1. The van der Waals surface area contributed by atoms with Crippen molar-refractivity contribution in [1.29, 1.82) is 0 Å². The average Bonchev–Trinajstić information content (AvgIpc) is 2.46. The Hall–Kier alpha value is -1.27. The Bertz CT molecular complexity index is 443.